The van der Waals surface area contributed by atoms with E-state index in [9.17, 15) is 4.57 Å². The molecular weight excluding hydrogens is 269 g/mol. The van der Waals surface area contributed by atoms with Gasteiger partial charge in [0.2, 0.25) is 0 Å². The average molecular weight is 293 g/mol. The predicted molar refractivity (Wildman–Crippen MR) is 76.0 cm³/mol. The number of hydrogen-bond acceptors (Lipinski definition) is 5. The zero-order valence-electron chi connectivity index (χ0n) is 12.1. The van der Waals surface area contributed by atoms with Crippen molar-refractivity contribution >= 4 is 19.4 Å². The molecule has 0 spiro atoms. The summed E-state index contributed by atoms with van der Waals surface area (Å²) in [5, 5.41) is 3.41. The van der Waals surface area contributed by atoms with Gasteiger partial charge in [-0.3, -0.25) is 9.88 Å². The first kappa shape index (κ1) is 14.9. The van der Waals surface area contributed by atoms with Gasteiger partial charge in [0, 0.05) is 10.2 Å². The summed E-state index contributed by atoms with van der Waals surface area (Å²) in [5.41, 5.74) is -0.0562. The Bertz CT molecular complexity index is 381. The van der Waals surface area contributed by atoms with Crippen LogP contribution in [0.3, 0.4) is 0 Å². The number of nitrogens with one attached hydrogen (secondary N) is 1. The summed E-state index contributed by atoms with van der Waals surface area (Å²) < 4.78 is 24.0. The van der Waals surface area contributed by atoms with E-state index in [4.69, 9.17) is 9.05 Å². The summed E-state index contributed by atoms with van der Waals surface area (Å²) in [7, 11) is -3.07. The monoisotopic (exact) mass is 293 g/mol. The van der Waals surface area contributed by atoms with Crippen LogP contribution < -0.4 is 5.32 Å². The van der Waals surface area contributed by atoms with Gasteiger partial charge in [-0.1, -0.05) is 13.8 Å². The maximum absolute atomic E-state index is 12.9. The lowest BCUT2D eigenvalue weighted by Gasteiger charge is -2.39. The third-order valence-electron chi connectivity index (χ3n) is 3.25. The van der Waals surface area contributed by atoms with Gasteiger partial charge in [0.1, 0.15) is 5.78 Å². The van der Waals surface area contributed by atoms with Crippen LogP contribution in [-0.2, 0) is 13.6 Å². The Kier molecular flexibility index (Phi) is 3.49. The first-order valence-corrected chi connectivity index (χ1v) is 8.75. The van der Waals surface area contributed by atoms with E-state index in [2.05, 4.69) is 46.9 Å². The molecule has 0 aromatic carbocycles. The van der Waals surface area contributed by atoms with Gasteiger partial charge in [-0.25, -0.2) is 0 Å². The fraction of sp³-hybridized carbons (Fsp3) is 1.00. The fourth-order valence-electron chi connectivity index (χ4n) is 2.46. The maximum Gasteiger partial charge on any atom is 0.348 e. The molecular formula is C12H24NO3PS. The van der Waals surface area contributed by atoms with Gasteiger partial charge >= 0.3 is 7.60 Å². The van der Waals surface area contributed by atoms with Gasteiger partial charge < -0.3 is 9.05 Å². The minimum Gasteiger partial charge on any atom is -0.307 e. The fourth-order valence-corrected chi connectivity index (χ4v) is 7.43. The molecule has 2 aliphatic rings. The van der Waals surface area contributed by atoms with Gasteiger partial charge in [-0.2, -0.15) is 0 Å². The molecule has 18 heavy (non-hydrogen) atoms. The molecule has 2 rings (SSSR count). The summed E-state index contributed by atoms with van der Waals surface area (Å²) in [5.74, 6) is -0.249. The maximum atomic E-state index is 12.9. The molecule has 0 aromatic rings. The second-order valence-corrected chi connectivity index (χ2v) is 11.4. The van der Waals surface area contributed by atoms with Crippen molar-refractivity contribution in [2.45, 2.75) is 56.9 Å². The van der Waals surface area contributed by atoms with Crippen molar-refractivity contribution in [1.82, 2.24) is 5.32 Å². The van der Waals surface area contributed by atoms with Gasteiger partial charge in [-0.15, -0.1) is 11.8 Å². The second kappa shape index (κ2) is 4.23. The van der Waals surface area contributed by atoms with E-state index in [-0.39, 0.29) is 20.8 Å². The van der Waals surface area contributed by atoms with Crippen molar-refractivity contribution in [3.05, 3.63) is 0 Å². The summed E-state index contributed by atoms with van der Waals surface area (Å²) >= 11 is 1.78. The molecule has 2 aliphatic heterocycles. The summed E-state index contributed by atoms with van der Waals surface area (Å²) in [4.78, 5) is -0.106. The first-order chi connectivity index (χ1) is 7.96. The van der Waals surface area contributed by atoms with Crippen molar-refractivity contribution < 1.29 is 13.6 Å². The van der Waals surface area contributed by atoms with Gasteiger partial charge in [0.25, 0.3) is 0 Å². The van der Waals surface area contributed by atoms with Crippen LogP contribution in [-0.4, -0.2) is 28.6 Å². The van der Waals surface area contributed by atoms with E-state index in [1.54, 1.807) is 11.8 Å². The van der Waals surface area contributed by atoms with Crippen molar-refractivity contribution in [3.63, 3.8) is 0 Å². The molecule has 0 unspecified atom stereocenters. The van der Waals surface area contributed by atoms with Crippen molar-refractivity contribution in [2.75, 3.05) is 13.2 Å². The molecule has 0 aromatic heterocycles. The molecule has 4 nitrogen and oxygen atoms in total. The quantitative estimate of drug-likeness (QED) is 0.751. The molecule has 106 valence electrons. The first-order valence-electron chi connectivity index (χ1n) is 6.33. The normalized spacial score (nSPS) is 36.4. The van der Waals surface area contributed by atoms with Crippen LogP contribution in [0.5, 0.6) is 0 Å². The lowest BCUT2D eigenvalue weighted by atomic mass is 9.97. The van der Waals surface area contributed by atoms with Crippen molar-refractivity contribution in [1.29, 1.82) is 0 Å². The van der Waals surface area contributed by atoms with E-state index in [1.807, 2.05) is 0 Å². The van der Waals surface area contributed by atoms with Crippen LogP contribution in [0.2, 0.25) is 0 Å². The highest BCUT2D eigenvalue weighted by Gasteiger charge is 2.56. The average Bonchev–Trinajstić information content (AvgIpc) is 2.41. The second-order valence-electron chi connectivity index (χ2n) is 7.01. The summed E-state index contributed by atoms with van der Waals surface area (Å²) in [6.07, 6.45) is 0. The summed E-state index contributed by atoms with van der Waals surface area (Å²) in [6.45, 7) is 13.5. The SMILES string of the molecule is CC1(C)COP(=O)([C@H]2NC(C)(C)SC2(C)C)OC1. The Morgan fingerprint density at radius 2 is 1.61 bits per heavy atom. The Hall–Kier alpha value is 0.460. The Morgan fingerprint density at radius 3 is 2.00 bits per heavy atom. The largest absolute Gasteiger partial charge is 0.348 e. The highest BCUT2D eigenvalue weighted by molar-refractivity contribution is 8.02. The third-order valence-corrected chi connectivity index (χ3v) is 7.20. The molecule has 6 heteroatoms. The molecule has 0 saturated carbocycles. The molecule has 0 aliphatic carbocycles. The van der Waals surface area contributed by atoms with Crippen LogP contribution in [0.4, 0.5) is 0 Å². The molecule has 0 bridgehead atoms. The molecule has 1 atom stereocenters. The number of hydrogen-bond donors (Lipinski definition) is 1. The lowest BCUT2D eigenvalue weighted by molar-refractivity contribution is 0.0354. The molecule has 2 heterocycles. The highest BCUT2D eigenvalue weighted by atomic mass is 32.2. The predicted octanol–water partition coefficient (Wildman–Crippen LogP) is 3.43. The third kappa shape index (κ3) is 2.80. The highest BCUT2D eigenvalue weighted by Crippen LogP contribution is 2.65. The van der Waals surface area contributed by atoms with E-state index in [0.29, 0.717) is 13.2 Å². The Labute approximate surface area is 114 Å². The van der Waals surface area contributed by atoms with Crippen LogP contribution in [0, 0.1) is 5.41 Å². The lowest BCUT2D eigenvalue weighted by Crippen LogP contribution is -2.44. The van der Waals surface area contributed by atoms with Crippen molar-refractivity contribution in [3.8, 4) is 0 Å². The van der Waals surface area contributed by atoms with Crippen LogP contribution >= 0.6 is 19.4 Å². The molecule has 0 radical (unpaired) electrons. The Balaban J connectivity index is 2.20. The van der Waals surface area contributed by atoms with E-state index >= 15 is 0 Å². The smallest absolute Gasteiger partial charge is 0.307 e. The zero-order valence-corrected chi connectivity index (χ0v) is 13.8. The van der Waals surface area contributed by atoms with Crippen LogP contribution in [0.25, 0.3) is 0 Å². The van der Waals surface area contributed by atoms with Crippen molar-refractivity contribution in [2.24, 2.45) is 5.41 Å². The summed E-state index contributed by atoms with van der Waals surface area (Å²) in [6, 6.07) is 0. The molecule has 1 N–H and O–H groups in total. The Morgan fingerprint density at radius 1 is 1.11 bits per heavy atom. The van der Waals surface area contributed by atoms with Crippen LogP contribution in [0.1, 0.15) is 41.5 Å². The standard InChI is InChI=1S/C12H24NO3PS/c1-10(2)7-15-17(14,16-8-10)9-11(3,4)18-12(5,6)13-9/h9,13H,7-8H2,1-6H3/t9-/m1/s1. The molecule has 2 fully saturated rings. The van der Waals surface area contributed by atoms with E-state index in [0.717, 1.165) is 0 Å². The topological polar surface area (TPSA) is 47.6 Å². The van der Waals surface area contributed by atoms with Gasteiger partial charge in [0.05, 0.1) is 18.1 Å². The minimum atomic E-state index is -3.07. The minimum absolute atomic E-state index is 0.0562. The zero-order chi connectivity index (χ0) is 13.8. The molecule has 0 amide bonds. The number of rotatable bonds is 1. The van der Waals surface area contributed by atoms with E-state index < -0.39 is 7.60 Å². The van der Waals surface area contributed by atoms with Gasteiger partial charge in [0.15, 0.2) is 0 Å². The number of thioether (sulfide) groups is 1. The van der Waals surface area contributed by atoms with E-state index in [1.165, 1.54) is 0 Å². The molecule has 2 saturated heterocycles. The van der Waals surface area contributed by atoms with Gasteiger partial charge in [-0.05, 0) is 27.7 Å². The van der Waals surface area contributed by atoms with Crippen LogP contribution in [0.15, 0.2) is 0 Å².